The predicted octanol–water partition coefficient (Wildman–Crippen LogP) is 1.28. The van der Waals surface area contributed by atoms with Crippen molar-refractivity contribution in [3.8, 4) is 0 Å². The summed E-state index contributed by atoms with van der Waals surface area (Å²) < 4.78 is 0. The van der Waals surface area contributed by atoms with Gasteiger partial charge in [0.25, 0.3) is 0 Å². The molecule has 1 aliphatic rings. The maximum absolute atomic E-state index is 11.4. The first-order chi connectivity index (χ1) is 6.61. The largest absolute Gasteiger partial charge is 0.353 e. The normalized spacial score (nSPS) is 27.9. The molecule has 1 atom stereocenters. The number of amides is 1. The van der Waals surface area contributed by atoms with Gasteiger partial charge in [0.2, 0.25) is 5.91 Å². The summed E-state index contributed by atoms with van der Waals surface area (Å²) in [6.45, 7) is 4.98. The highest BCUT2D eigenvalue weighted by Crippen LogP contribution is 2.26. The highest BCUT2D eigenvalue weighted by molar-refractivity contribution is 5.76. The van der Waals surface area contributed by atoms with Gasteiger partial charge in [0.1, 0.15) is 0 Å². The highest BCUT2D eigenvalue weighted by Gasteiger charge is 2.26. The van der Waals surface area contributed by atoms with Crippen LogP contribution in [0, 0.1) is 11.8 Å². The van der Waals surface area contributed by atoms with Crippen LogP contribution >= 0.6 is 0 Å². The quantitative estimate of drug-likeness (QED) is 0.699. The van der Waals surface area contributed by atoms with Gasteiger partial charge in [-0.1, -0.05) is 13.8 Å². The Bertz CT molecular complexity index is 188. The molecular formula is C11H22N2O. The average Bonchev–Trinajstić information content (AvgIpc) is 2.11. The SMILES string of the molecule is CC(CN)CCC(=O)NC1CC(C)C1. The molecule has 1 saturated carbocycles. The van der Waals surface area contributed by atoms with Crippen LogP contribution in [0.1, 0.15) is 39.5 Å². The molecule has 0 bridgehead atoms. The van der Waals surface area contributed by atoms with Gasteiger partial charge in [0.15, 0.2) is 0 Å². The summed E-state index contributed by atoms with van der Waals surface area (Å²) in [4.78, 5) is 11.4. The molecule has 3 nitrogen and oxygen atoms in total. The molecule has 1 amide bonds. The van der Waals surface area contributed by atoms with Crippen molar-refractivity contribution in [2.75, 3.05) is 6.54 Å². The fraction of sp³-hybridized carbons (Fsp3) is 0.909. The second-order valence-corrected chi connectivity index (χ2v) is 4.72. The molecule has 0 aromatic carbocycles. The van der Waals surface area contributed by atoms with E-state index in [-0.39, 0.29) is 5.91 Å². The lowest BCUT2D eigenvalue weighted by Gasteiger charge is -2.33. The van der Waals surface area contributed by atoms with E-state index in [1.54, 1.807) is 0 Å². The molecule has 0 radical (unpaired) electrons. The maximum Gasteiger partial charge on any atom is 0.220 e. The number of nitrogens with one attached hydrogen (secondary N) is 1. The lowest BCUT2D eigenvalue weighted by atomic mass is 9.82. The zero-order chi connectivity index (χ0) is 10.6. The van der Waals surface area contributed by atoms with Crippen LogP contribution in [0.4, 0.5) is 0 Å². The standard InChI is InChI=1S/C11H22N2O/c1-8(7-12)3-4-11(14)13-10-5-9(2)6-10/h8-10H,3-7,12H2,1-2H3,(H,13,14). The molecule has 3 heteroatoms. The zero-order valence-corrected chi connectivity index (χ0v) is 9.25. The van der Waals surface area contributed by atoms with E-state index in [1.807, 2.05) is 0 Å². The van der Waals surface area contributed by atoms with Gasteiger partial charge < -0.3 is 11.1 Å². The van der Waals surface area contributed by atoms with Crippen molar-refractivity contribution in [3.63, 3.8) is 0 Å². The summed E-state index contributed by atoms with van der Waals surface area (Å²) in [5, 5.41) is 3.05. The van der Waals surface area contributed by atoms with E-state index >= 15 is 0 Å². The van der Waals surface area contributed by atoms with Crippen LogP contribution in [0.3, 0.4) is 0 Å². The summed E-state index contributed by atoms with van der Waals surface area (Å²) >= 11 is 0. The summed E-state index contributed by atoms with van der Waals surface area (Å²) in [5.41, 5.74) is 5.48. The summed E-state index contributed by atoms with van der Waals surface area (Å²) in [5.74, 6) is 1.45. The van der Waals surface area contributed by atoms with E-state index in [0.29, 0.717) is 24.9 Å². The van der Waals surface area contributed by atoms with Crippen LogP contribution in [0.5, 0.6) is 0 Å². The first-order valence-corrected chi connectivity index (χ1v) is 5.61. The van der Waals surface area contributed by atoms with Crippen LogP contribution in [-0.2, 0) is 4.79 Å². The molecule has 0 aliphatic heterocycles. The lowest BCUT2D eigenvalue weighted by Crippen LogP contribution is -2.43. The Morgan fingerprint density at radius 2 is 2.21 bits per heavy atom. The number of nitrogens with two attached hydrogens (primary N) is 1. The fourth-order valence-corrected chi connectivity index (χ4v) is 1.82. The van der Waals surface area contributed by atoms with E-state index in [1.165, 1.54) is 0 Å². The number of carbonyl (C=O) groups excluding carboxylic acids is 1. The van der Waals surface area contributed by atoms with Gasteiger partial charge >= 0.3 is 0 Å². The van der Waals surface area contributed by atoms with Gasteiger partial charge in [-0.15, -0.1) is 0 Å². The first-order valence-electron chi connectivity index (χ1n) is 5.61. The Balaban J connectivity index is 2.04. The topological polar surface area (TPSA) is 55.1 Å². The molecule has 3 N–H and O–H groups in total. The van der Waals surface area contributed by atoms with Gasteiger partial charge in [-0.05, 0) is 37.6 Å². The Hall–Kier alpha value is -0.570. The van der Waals surface area contributed by atoms with Crippen molar-refractivity contribution < 1.29 is 4.79 Å². The van der Waals surface area contributed by atoms with Crippen LogP contribution in [0.2, 0.25) is 0 Å². The molecule has 0 aromatic heterocycles. The van der Waals surface area contributed by atoms with Gasteiger partial charge in [-0.2, -0.15) is 0 Å². The molecule has 14 heavy (non-hydrogen) atoms. The number of hydrogen-bond acceptors (Lipinski definition) is 2. The fourth-order valence-electron chi connectivity index (χ4n) is 1.82. The second-order valence-electron chi connectivity index (χ2n) is 4.72. The minimum absolute atomic E-state index is 0.196. The maximum atomic E-state index is 11.4. The molecule has 1 fully saturated rings. The first kappa shape index (κ1) is 11.5. The summed E-state index contributed by atoms with van der Waals surface area (Å²) in [6.07, 6.45) is 3.84. The van der Waals surface area contributed by atoms with Gasteiger partial charge in [-0.3, -0.25) is 4.79 Å². The van der Waals surface area contributed by atoms with Crippen LogP contribution in [-0.4, -0.2) is 18.5 Å². The van der Waals surface area contributed by atoms with Crippen LogP contribution in [0.25, 0.3) is 0 Å². The van der Waals surface area contributed by atoms with E-state index in [0.717, 1.165) is 25.2 Å². The average molecular weight is 198 g/mol. The van der Waals surface area contributed by atoms with E-state index in [4.69, 9.17) is 5.73 Å². The lowest BCUT2D eigenvalue weighted by molar-refractivity contribution is -0.122. The molecule has 1 rings (SSSR count). The molecule has 0 aromatic rings. The van der Waals surface area contributed by atoms with E-state index < -0.39 is 0 Å². The van der Waals surface area contributed by atoms with Gasteiger partial charge in [-0.25, -0.2) is 0 Å². The van der Waals surface area contributed by atoms with Crippen molar-refractivity contribution >= 4 is 5.91 Å². The molecule has 1 unspecified atom stereocenters. The smallest absolute Gasteiger partial charge is 0.220 e. The van der Waals surface area contributed by atoms with Gasteiger partial charge in [0, 0.05) is 12.5 Å². The van der Waals surface area contributed by atoms with E-state index in [2.05, 4.69) is 19.2 Å². The van der Waals surface area contributed by atoms with Crippen molar-refractivity contribution in [2.24, 2.45) is 17.6 Å². The zero-order valence-electron chi connectivity index (χ0n) is 9.25. The predicted molar refractivity (Wildman–Crippen MR) is 57.8 cm³/mol. The minimum atomic E-state index is 0.196. The van der Waals surface area contributed by atoms with Gasteiger partial charge in [0.05, 0.1) is 0 Å². The molecule has 0 spiro atoms. The Morgan fingerprint density at radius 3 is 2.71 bits per heavy atom. The highest BCUT2D eigenvalue weighted by atomic mass is 16.1. The number of hydrogen-bond donors (Lipinski definition) is 2. The summed E-state index contributed by atoms with van der Waals surface area (Å²) in [7, 11) is 0. The number of rotatable bonds is 5. The minimum Gasteiger partial charge on any atom is -0.353 e. The monoisotopic (exact) mass is 198 g/mol. The molecule has 0 saturated heterocycles. The van der Waals surface area contributed by atoms with Crippen molar-refractivity contribution in [2.45, 2.75) is 45.6 Å². The molecule has 0 heterocycles. The van der Waals surface area contributed by atoms with Crippen molar-refractivity contribution in [1.82, 2.24) is 5.32 Å². The second kappa shape index (κ2) is 5.35. The third-order valence-electron chi connectivity index (χ3n) is 3.01. The number of carbonyl (C=O) groups is 1. The Morgan fingerprint density at radius 1 is 1.57 bits per heavy atom. The Labute approximate surface area is 86.4 Å². The summed E-state index contributed by atoms with van der Waals surface area (Å²) in [6, 6.07) is 0.450. The molecular weight excluding hydrogens is 176 g/mol. The van der Waals surface area contributed by atoms with Crippen LogP contribution in [0.15, 0.2) is 0 Å². The molecule has 1 aliphatic carbocycles. The van der Waals surface area contributed by atoms with Crippen LogP contribution < -0.4 is 11.1 Å². The third kappa shape index (κ3) is 3.66. The third-order valence-corrected chi connectivity index (χ3v) is 3.01. The van der Waals surface area contributed by atoms with Crippen molar-refractivity contribution in [3.05, 3.63) is 0 Å². The van der Waals surface area contributed by atoms with Crippen molar-refractivity contribution in [1.29, 1.82) is 0 Å². The molecule has 82 valence electrons. The van der Waals surface area contributed by atoms with E-state index in [9.17, 15) is 4.79 Å². The Kier molecular flexibility index (Phi) is 4.39.